The van der Waals surface area contributed by atoms with Gasteiger partial charge in [0.25, 0.3) is 5.91 Å². The zero-order chi connectivity index (χ0) is 16.3. The summed E-state index contributed by atoms with van der Waals surface area (Å²) >= 11 is 0. The molecule has 122 valence electrons. The van der Waals surface area contributed by atoms with Gasteiger partial charge in [0.05, 0.1) is 23.8 Å². The Morgan fingerprint density at radius 3 is 2.55 bits per heavy atom. The molecule has 1 saturated heterocycles. The lowest BCUT2D eigenvalue weighted by atomic mass is 10.2. The Morgan fingerprint density at radius 2 is 2.05 bits per heavy atom. The number of carbonyl (C=O) groups excluding carboxylic acids is 2. The Kier molecular flexibility index (Phi) is 5.02. The highest BCUT2D eigenvalue weighted by Crippen LogP contribution is 2.20. The van der Waals surface area contributed by atoms with Crippen LogP contribution in [-0.2, 0) is 14.6 Å². The third kappa shape index (κ3) is 3.75. The summed E-state index contributed by atoms with van der Waals surface area (Å²) in [6, 6.07) is 2.74. The van der Waals surface area contributed by atoms with E-state index in [1.54, 1.807) is 12.1 Å². The van der Waals surface area contributed by atoms with Crippen LogP contribution in [0, 0.1) is 0 Å². The molecule has 0 saturated carbocycles. The molecule has 1 N–H and O–H groups in total. The number of hydrogen-bond donors (Lipinski definition) is 1. The molecule has 2 heterocycles. The predicted octanol–water partition coefficient (Wildman–Crippen LogP) is 0.493. The molecule has 7 nitrogen and oxygen atoms in total. The highest BCUT2D eigenvalue weighted by molar-refractivity contribution is 7.91. The lowest BCUT2D eigenvalue weighted by Crippen LogP contribution is -2.43. The average molecular weight is 328 g/mol. The number of hydrogen-bond acceptors (Lipinski definition) is 5. The molecule has 0 bridgehead atoms. The first-order chi connectivity index (χ1) is 10.3. The summed E-state index contributed by atoms with van der Waals surface area (Å²) in [5.74, 6) is -0.404. The molecular weight excluding hydrogens is 308 g/mol. The normalized spacial score (nSPS) is 20.0. The van der Waals surface area contributed by atoms with Gasteiger partial charge in [-0.05, 0) is 18.6 Å². The van der Waals surface area contributed by atoms with E-state index in [1.807, 2.05) is 0 Å². The van der Waals surface area contributed by atoms with Gasteiger partial charge >= 0.3 is 0 Å². The minimum Gasteiger partial charge on any atom is -0.383 e. The van der Waals surface area contributed by atoms with E-state index >= 15 is 0 Å². The molecule has 2 rings (SSSR count). The Labute approximate surface area is 129 Å². The molecule has 1 aliphatic heterocycles. The van der Waals surface area contributed by atoms with Gasteiger partial charge in [0, 0.05) is 26.6 Å². The maximum atomic E-state index is 12.6. The summed E-state index contributed by atoms with van der Waals surface area (Å²) < 4.78 is 28.3. The number of H-pyrrole nitrogens is 1. The van der Waals surface area contributed by atoms with Crippen LogP contribution in [0.1, 0.15) is 34.3 Å². The van der Waals surface area contributed by atoms with Crippen molar-refractivity contribution in [2.45, 2.75) is 19.4 Å². The lowest BCUT2D eigenvalue weighted by molar-refractivity contribution is 0.0619. The van der Waals surface area contributed by atoms with E-state index in [9.17, 15) is 18.0 Å². The Morgan fingerprint density at radius 1 is 1.36 bits per heavy atom. The van der Waals surface area contributed by atoms with Gasteiger partial charge in [-0.2, -0.15) is 0 Å². The fourth-order valence-electron chi connectivity index (χ4n) is 2.54. The molecular formula is C14H20N2O5S. The highest BCUT2D eigenvalue weighted by atomic mass is 32.2. The summed E-state index contributed by atoms with van der Waals surface area (Å²) in [6.45, 7) is 2.04. The van der Waals surface area contributed by atoms with E-state index < -0.39 is 9.84 Å². The fourth-order valence-corrected chi connectivity index (χ4v) is 4.27. The summed E-state index contributed by atoms with van der Waals surface area (Å²) in [4.78, 5) is 28.2. The van der Waals surface area contributed by atoms with Gasteiger partial charge < -0.3 is 14.6 Å². The Balaban J connectivity index is 2.20. The monoisotopic (exact) mass is 328 g/mol. The van der Waals surface area contributed by atoms with Crippen molar-refractivity contribution in [2.24, 2.45) is 0 Å². The number of ketones is 1. The Bertz CT molecular complexity index is 665. The number of Topliss-reactive ketones (excluding diaryl/α,β-unsaturated/α-hetero) is 1. The number of aromatic nitrogens is 1. The molecule has 0 spiro atoms. The van der Waals surface area contributed by atoms with Crippen LogP contribution in [0.2, 0.25) is 0 Å². The fraction of sp³-hybridized carbons (Fsp3) is 0.571. The molecule has 8 heteroatoms. The van der Waals surface area contributed by atoms with E-state index in [-0.39, 0.29) is 34.9 Å². The van der Waals surface area contributed by atoms with E-state index in [2.05, 4.69) is 4.98 Å². The quantitative estimate of drug-likeness (QED) is 0.767. The second kappa shape index (κ2) is 6.62. The van der Waals surface area contributed by atoms with Gasteiger partial charge in [0.15, 0.2) is 15.6 Å². The molecule has 1 atom stereocenters. The third-order valence-electron chi connectivity index (χ3n) is 3.74. The molecule has 1 unspecified atom stereocenters. The first kappa shape index (κ1) is 16.7. The average Bonchev–Trinajstić information content (AvgIpc) is 3.06. The molecule has 22 heavy (non-hydrogen) atoms. The van der Waals surface area contributed by atoms with Crippen LogP contribution in [0.5, 0.6) is 0 Å². The van der Waals surface area contributed by atoms with Gasteiger partial charge in [-0.25, -0.2) is 8.42 Å². The zero-order valence-corrected chi connectivity index (χ0v) is 13.5. The van der Waals surface area contributed by atoms with Gasteiger partial charge in [-0.3, -0.25) is 9.59 Å². The van der Waals surface area contributed by atoms with Crippen molar-refractivity contribution < 1.29 is 22.7 Å². The number of ether oxygens (including phenoxy) is 1. The smallest absolute Gasteiger partial charge is 0.270 e. The number of methoxy groups -OCH3 is 1. The van der Waals surface area contributed by atoms with Crippen LogP contribution < -0.4 is 0 Å². The Hall–Kier alpha value is -1.67. The van der Waals surface area contributed by atoms with Crippen LogP contribution in [0.4, 0.5) is 0 Å². The molecule has 1 amide bonds. The van der Waals surface area contributed by atoms with Gasteiger partial charge in [0.2, 0.25) is 0 Å². The number of amides is 1. The van der Waals surface area contributed by atoms with Crippen molar-refractivity contribution in [1.29, 1.82) is 0 Å². The molecule has 0 aliphatic carbocycles. The molecule has 1 aromatic rings. The standard InChI is InChI=1S/C14H20N2O5S/c1-10(17)12-3-4-13(15-12)14(18)16(6-7-21-2)11-5-8-22(19,20)9-11/h3-4,11,15H,5-9H2,1-2H3. The maximum absolute atomic E-state index is 12.6. The summed E-state index contributed by atoms with van der Waals surface area (Å²) in [5.41, 5.74) is 0.639. The van der Waals surface area contributed by atoms with Crippen LogP contribution in [0.15, 0.2) is 12.1 Å². The molecule has 0 aromatic carbocycles. The topological polar surface area (TPSA) is 96.5 Å². The van der Waals surface area contributed by atoms with Crippen molar-refractivity contribution in [2.75, 3.05) is 31.8 Å². The molecule has 1 aromatic heterocycles. The van der Waals surface area contributed by atoms with E-state index in [0.717, 1.165) is 0 Å². The van der Waals surface area contributed by atoms with Gasteiger partial charge in [-0.1, -0.05) is 0 Å². The highest BCUT2D eigenvalue weighted by Gasteiger charge is 2.35. The van der Waals surface area contributed by atoms with Crippen LogP contribution >= 0.6 is 0 Å². The van der Waals surface area contributed by atoms with Crippen LogP contribution in [0.25, 0.3) is 0 Å². The minimum absolute atomic E-state index is 0.0251. The first-order valence-corrected chi connectivity index (χ1v) is 8.86. The second-order valence-electron chi connectivity index (χ2n) is 5.39. The predicted molar refractivity (Wildman–Crippen MR) is 80.8 cm³/mol. The van der Waals surface area contributed by atoms with Crippen molar-refractivity contribution in [3.63, 3.8) is 0 Å². The number of carbonyl (C=O) groups is 2. The minimum atomic E-state index is -3.09. The van der Waals surface area contributed by atoms with Gasteiger partial charge in [-0.15, -0.1) is 0 Å². The van der Waals surface area contributed by atoms with Crippen molar-refractivity contribution >= 4 is 21.5 Å². The summed E-state index contributed by atoms with van der Waals surface area (Å²) in [6.07, 6.45) is 0.429. The maximum Gasteiger partial charge on any atom is 0.270 e. The van der Waals surface area contributed by atoms with Crippen molar-refractivity contribution in [3.8, 4) is 0 Å². The van der Waals surface area contributed by atoms with E-state index in [0.29, 0.717) is 25.3 Å². The van der Waals surface area contributed by atoms with E-state index in [1.165, 1.54) is 18.9 Å². The second-order valence-corrected chi connectivity index (χ2v) is 7.62. The summed E-state index contributed by atoms with van der Waals surface area (Å²) in [7, 11) is -1.56. The van der Waals surface area contributed by atoms with Crippen LogP contribution in [0.3, 0.4) is 0 Å². The van der Waals surface area contributed by atoms with Crippen molar-refractivity contribution in [3.05, 3.63) is 23.5 Å². The van der Waals surface area contributed by atoms with E-state index in [4.69, 9.17) is 4.74 Å². The van der Waals surface area contributed by atoms with Crippen molar-refractivity contribution in [1.82, 2.24) is 9.88 Å². The lowest BCUT2D eigenvalue weighted by Gasteiger charge is -2.27. The molecule has 1 fully saturated rings. The number of rotatable bonds is 6. The van der Waals surface area contributed by atoms with Gasteiger partial charge in [0.1, 0.15) is 5.69 Å². The largest absolute Gasteiger partial charge is 0.383 e. The van der Waals surface area contributed by atoms with Crippen LogP contribution in [-0.4, -0.2) is 67.8 Å². The number of nitrogens with zero attached hydrogens (tertiary/aromatic N) is 1. The SMILES string of the molecule is COCCN(C(=O)c1ccc(C(C)=O)[nH]1)C1CCS(=O)(=O)C1. The zero-order valence-electron chi connectivity index (χ0n) is 12.7. The first-order valence-electron chi connectivity index (χ1n) is 7.04. The molecule has 1 aliphatic rings. The third-order valence-corrected chi connectivity index (χ3v) is 5.49. The number of sulfone groups is 1. The summed E-state index contributed by atoms with van der Waals surface area (Å²) in [5, 5.41) is 0. The number of nitrogens with one attached hydrogen (secondary N) is 1. The number of aromatic amines is 1. The molecule has 0 radical (unpaired) electrons.